The van der Waals surface area contributed by atoms with E-state index in [0.717, 1.165) is 9.75 Å². The van der Waals surface area contributed by atoms with Crippen LogP contribution in [-0.4, -0.2) is 11.6 Å². The first kappa shape index (κ1) is 16.3. The summed E-state index contributed by atoms with van der Waals surface area (Å²) in [6.45, 7) is 0. The number of hydrogen-bond acceptors (Lipinski definition) is 4. The fraction of sp³-hybridized carbons (Fsp3) is 0. The number of ketones is 2. The van der Waals surface area contributed by atoms with Crippen molar-refractivity contribution in [1.82, 2.24) is 0 Å². The van der Waals surface area contributed by atoms with Gasteiger partial charge in [0.2, 0.25) is 0 Å². The van der Waals surface area contributed by atoms with Crippen LogP contribution in [-0.2, 0) is 0 Å². The molecule has 0 fully saturated rings. The predicted molar refractivity (Wildman–Crippen MR) is 102 cm³/mol. The van der Waals surface area contributed by atoms with Crippen molar-refractivity contribution in [2.45, 2.75) is 0 Å². The Morgan fingerprint density at radius 2 is 1.08 bits per heavy atom. The first-order valence-corrected chi connectivity index (χ1v) is 9.10. The predicted octanol–water partition coefficient (Wildman–Crippen LogP) is 5.60. The van der Waals surface area contributed by atoms with Gasteiger partial charge in [0.1, 0.15) is 0 Å². The fourth-order valence-electron chi connectivity index (χ4n) is 2.08. The van der Waals surface area contributed by atoms with E-state index in [2.05, 4.69) is 0 Å². The number of thiophene rings is 2. The lowest BCUT2D eigenvalue weighted by atomic mass is 10.0. The molecule has 0 radical (unpaired) electrons. The van der Waals surface area contributed by atoms with E-state index in [0.29, 0.717) is 11.1 Å². The van der Waals surface area contributed by atoms with Crippen LogP contribution in [0.2, 0.25) is 0 Å². The number of allylic oxidation sites excluding steroid dienone is 2. The molecular formula is C20H14O2S2. The maximum Gasteiger partial charge on any atom is 0.185 e. The van der Waals surface area contributed by atoms with Crippen molar-refractivity contribution in [3.8, 4) is 0 Å². The van der Waals surface area contributed by atoms with E-state index in [-0.39, 0.29) is 11.6 Å². The maximum atomic E-state index is 12.1. The molecule has 1 aromatic carbocycles. The van der Waals surface area contributed by atoms with Gasteiger partial charge in [-0.3, -0.25) is 9.59 Å². The molecule has 3 aromatic rings. The minimum absolute atomic E-state index is 0.0727. The molecule has 0 aliphatic carbocycles. The summed E-state index contributed by atoms with van der Waals surface area (Å²) in [7, 11) is 0. The molecule has 0 saturated carbocycles. The molecule has 2 heterocycles. The summed E-state index contributed by atoms with van der Waals surface area (Å²) in [5.41, 5.74) is 1.14. The second-order valence-corrected chi connectivity index (χ2v) is 6.96. The first-order valence-electron chi connectivity index (χ1n) is 7.34. The summed E-state index contributed by atoms with van der Waals surface area (Å²) >= 11 is 3.16. The van der Waals surface area contributed by atoms with E-state index in [1.54, 1.807) is 71.2 Å². The van der Waals surface area contributed by atoms with Crippen LogP contribution in [0.3, 0.4) is 0 Å². The summed E-state index contributed by atoms with van der Waals surface area (Å²) in [6.07, 6.45) is 6.71. The average Bonchev–Trinajstić information content (AvgIpc) is 3.31. The third-order valence-corrected chi connectivity index (χ3v) is 5.01. The minimum Gasteiger partial charge on any atom is -0.289 e. The highest BCUT2D eigenvalue weighted by atomic mass is 32.1. The molecule has 2 nitrogen and oxygen atoms in total. The van der Waals surface area contributed by atoms with Crippen molar-refractivity contribution >= 4 is 46.4 Å². The topological polar surface area (TPSA) is 34.1 Å². The lowest BCUT2D eigenvalue weighted by Gasteiger charge is -1.99. The Morgan fingerprint density at radius 3 is 1.42 bits per heavy atom. The molecule has 0 bridgehead atoms. The molecule has 2 aromatic heterocycles. The molecule has 4 heteroatoms. The lowest BCUT2D eigenvalue weighted by Crippen LogP contribution is -1.98. The molecule has 0 N–H and O–H groups in total. The van der Waals surface area contributed by atoms with Gasteiger partial charge in [0.15, 0.2) is 11.6 Å². The van der Waals surface area contributed by atoms with Crippen molar-refractivity contribution in [2.24, 2.45) is 0 Å². The van der Waals surface area contributed by atoms with Crippen molar-refractivity contribution in [1.29, 1.82) is 0 Å². The highest BCUT2D eigenvalue weighted by Crippen LogP contribution is 2.14. The second kappa shape index (κ2) is 7.81. The quantitative estimate of drug-likeness (QED) is 0.428. The molecule has 0 saturated heterocycles. The molecule has 0 atom stereocenters. The third kappa shape index (κ3) is 4.25. The Hall–Kier alpha value is -2.56. The van der Waals surface area contributed by atoms with Gasteiger partial charge >= 0.3 is 0 Å². The molecule has 3 rings (SSSR count). The first-order chi connectivity index (χ1) is 11.7. The van der Waals surface area contributed by atoms with Crippen LogP contribution in [0.1, 0.15) is 30.5 Å². The molecule has 0 spiro atoms. The molecule has 0 aliphatic heterocycles. The molecule has 0 unspecified atom stereocenters. The van der Waals surface area contributed by atoms with Crippen LogP contribution in [0.5, 0.6) is 0 Å². The zero-order valence-corrected chi connectivity index (χ0v) is 14.3. The van der Waals surface area contributed by atoms with Gasteiger partial charge in [0.05, 0.1) is 0 Å². The zero-order chi connectivity index (χ0) is 16.8. The van der Waals surface area contributed by atoms with Crippen LogP contribution in [0.15, 0.2) is 71.4 Å². The van der Waals surface area contributed by atoms with Crippen LogP contribution in [0.4, 0.5) is 0 Å². The van der Waals surface area contributed by atoms with Crippen LogP contribution in [0, 0.1) is 0 Å². The maximum absolute atomic E-state index is 12.1. The Morgan fingerprint density at radius 1 is 0.667 bits per heavy atom. The van der Waals surface area contributed by atoms with Gasteiger partial charge in [0.25, 0.3) is 0 Å². The SMILES string of the molecule is O=C(C=Cc1cccs1)c1ccc(C(=O)C=Cc2cccs2)cc1. The second-order valence-electron chi connectivity index (χ2n) is 5.00. The number of rotatable bonds is 6. The Labute approximate surface area is 148 Å². The van der Waals surface area contributed by atoms with E-state index < -0.39 is 0 Å². The van der Waals surface area contributed by atoms with Gasteiger partial charge in [-0.2, -0.15) is 0 Å². The van der Waals surface area contributed by atoms with E-state index >= 15 is 0 Å². The molecule has 118 valence electrons. The minimum atomic E-state index is -0.0727. The van der Waals surface area contributed by atoms with Gasteiger partial charge in [-0.25, -0.2) is 0 Å². The fourth-order valence-corrected chi connectivity index (χ4v) is 3.32. The molecule has 0 aliphatic rings. The molecular weight excluding hydrogens is 336 g/mol. The number of benzene rings is 1. The summed E-state index contributed by atoms with van der Waals surface area (Å²) in [6, 6.07) is 14.5. The highest BCUT2D eigenvalue weighted by Gasteiger charge is 2.05. The van der Waals surface area contributed by atoms with Crippen molar-refractivity contribution < 1.29 is 9.59 Å². The van der Waals surface area contributed by atoms with Gasteiger partial charge in [0, 0.05) is 20.9 Å². The Bertz CT molecular complexity index is 793. The summed E-state index contributed by atoms with van der Waals surface area (Å²) in [5.74, 6) is -0.145. The van der Waals surface area contributed by atoms with Gasteiger partial charge in [-0.1, -0.05) is 36.4 Å². The monoisotopic (exact) mass is 350 g/mol. The van der Waals surface area contributed by atoms with E-state index in [1.165, 1.54) is 0 Å². The van der Waals surface area contributed by atoms with E-state index in [4.69, 9.17) is 0 Å². The summed E-state index contributed by atoms with van der Waals surface area (Å²) < 4.78 is 0. The largest absolute Gasteiger partial charge is 0.289 e. The van der Waals surface area contributed by atoms with Crippen molar-refractivity contribution in [2.75, 3.05) is 0 Å². The normalized spacial score (nSPS) is 11.3. The van der Waals surface area contributed by atoms with E-state index in [1.807, 2.05) is 35.0 Å². The highest BCUT2D eigenvalue weighted by molar-refractivity contribution is 7.11. The van der Waals surface area contributed by atoms with Crippen LogP contribution in [0.25, 0.3) is 12.2 Å². The third-order valence-electron chi connectivity index (χ3n) is 3.34. The van der Waals surface area contributed by atoms with Gasteiger partial charge < -0.3 is 0 Å². The van der Waals surface area contributed by atoms with Crippen LogP contribution >= 0.6 is 22.7 Å². The molecule has 24 heavy (non-hydrogen) atoms. The van der Waals surface area contributed by atoms with Crippen molar-refractivity contribution in [3.05, 3.63) is 92.3 Å². The Kier molecular flexibility index (Phi) is 5.31. The van der Waals surface area contributed by atoms with Gasteiger partial charge in [-0.05, 0) is 47.2 Å². The van der Waals surface area contributed by atoms with E-state index in [9.17, 15) is 9.59 Å². The van der Waals surface area contributed by atoms with Crippen molar-refractivity contribution in [3.63, 3.8) is 0 Å². The Balaban J connectivity index is 1.66. The van der Waals surface area contributed by atoms with Gasteiger partial charge in [-0.15, -0.1) is 22.7 Å². The average molecular weight is 350 g/mol. The summed E-state index contributed by atoms with van der Waals surface area (Å²) in [5, 5.41) is 3.93. The zero-order valence-electron chi connectivity index (χ0n) is 12.7. The van der Waals surface area contributed by atoms with Crippen LogP contribution < -0.4 is 0 Å². The standard InChI is InChI=1S/C20H14O2S2/c21-19(11-9-17-3-1-13-23-17)15-5-7-16(8-6-15)20(22)12-10-18-4-2-14-24-18/h1-14H. The lowest BCUT2D eigenvalue weighted by molar-refractivity contribution is 0.103. The smallest absolute Gasteiger partial charge is 0.185 e. The molecule has 0 amide bonds. The number of carbonyl (C=O) groups is 2. The number of hydrogen-bond donors (Lipinski definition) is 0. The summed E-state index contributed by atoms with van der Waals surface area (Å²) in [4.78, 5) is 26.3. The number of carbonyl (C=O) groups excluding carboxylic acids is 2.